The van der Waals surface area contributed by atoms with Gasteiger partial charge in [0.15, 0.2) is 0 Å². The summed E-state index contributed by atoms with van der Waals surface area (Å²) in [6.07, 6.45) is 10.6. The van der Waals surface area contributed by atoms with E-state index in [1.54, 1.807) is 0 Å². The number of likely N-dealkylation sites (tertiary alicyclic amines) is 1. The van der Waals surface area contributed by atoms with E-state index in [0.29, 0.717) is 17.4 Å². The molecule has 1 heterocycles. The molecule has 4 heteroatoms. The van der Waals surface area contributed by atoms with Gasteiger partial charge in [-0.3, -0.25) is 9.69 Å². The molecule has 3 aliphatic rings. The van der Waals surface area contributed by atoms with Crippen molar-refractivity contribution in [1.29, 1.82) is 0 Å². The van der Waals surface area contributed by atoms with Crippen LogP contribution in [0.3, 0.4) is 0 Å². The Balaban J connectivity index is 1.66. The molecule has 0 aromatic heterocycles. The van der Waals surface area contributed by atoms with Crippen molar-refractivity contribution in [2.75, 3.05) is 20.2 Å². The third-order valence-electron chi connectivity index (χ3n) is 7.26. The smallest absolute Gasteiger partial charge is 0.248 e. The van der Waals surface area contributed by atoms with Gasteiger partial charge in [-0.05, 0) is 43.4 Å². The molecular formula is C22H32N2O2. The van der Waals surface area contributed by atoms with Crippen LogP contribution in [0.1, 0.15) is 67.3 Å². The molecule has 2 N–H and O–H groups in total. The first-order valence-corrected chi connectivity index (χ1v) is 10.3. The fraction of sp³-hybridized carbons (Fsp3) is 0.682. The number of fused-ring (bicyclic) bond motifs is 2. The summed E-state index contributed by atoms with van der Waals surface area (Å²) < 4.78 is 6.32. The Morgan fingerprint density at radius 3 is 2.38 bits per heavy atom. The maximum absolute atomic E-state index is 11.7. The van der Waals surface area contributed by atoms with Crippen LogP contribution in [-0.2, 0) is 10.3 Å². The minimum absolute atomic E-state index is 0.269. The summed E-state index contributed by atoms with van der Waals surface area (Å²) in [6.45, 7) is 2.24. The number of primary amides is 1. The summed E-state index contributed by atoms with van der Waals surface area (Å²) in [5, 5.41) is 0. The Hall–Kier alpha value is -1.39. The van der Waals surface area contributed by atoms with Crippen molar-refractivity contribution in [3.63, 3.8) is 0 Å². The number of nitrogens with zero attached hydrogens (tertiary/aromatic N) is 1. The van der Waals surface area contributed by atoms with Crippen molar-refractivity contribution in [2.24, 2.45) is 17.6 Å². The van der Waals surface area contributed by atoms with E-state index in [1.165, 1.54) is 51.4 Å². The second-order valence-electron chi connectivity index (χ2n) is 8.51. The van der Waals surface area contributed by atoms with Crippen molar-refractivity contribution in [3.05, 3.63) is 35.4 Å². The third kappa shape index (κ3) is 2.97. The summed E-state index contributed by atoms with van der Waals surface area (Å²) in [5.74, 6) is 0.623. The number of piperidine rings is 1. The molecule has 4 nitrogen and oxygen atoms in total. The quantitative estimate of drug-likeness (QED) is 0.895. The van der Waals surface area contributed by atoms with Crippen LogP contribution in [-0.4, -0.2) is 37.0 Å². The standard InChI is InChI=1S/C22H32N2O2/c1-26-22(17-8-5-7-16(13-17)21(23)25)18-9-6-10-19(22)15-24(14-18)20-11-3-2-4-12-20/h5,7-8,13,18-20H,2-4,6,9-12,14-15H2,1H3,(H2,23,25). The third-order valence-corrected chi connectivity index (χ3v) is 7.26. The van der Waals surface area contributed by atoms with Gasteiger partial charge < -0.3 is 10.5 Å². The average molecular weight is 357 g/mol. The Kier molecular flexibility index (Phi) is 5.07. The number of carbonyl (C=O) groups is 1. The van der Waals surface area contributed by atoms with Gasteiger partial charge in [-0.25, -0.2) is 0 Å². The first kappa shape index (κ1) is 18.0. The second kappa shape index (κ2) is 7.32. The minimum atomic E-state index is -0.358. The number of hydrogen-bond acceptors (Lipinski definition) is 3. The van der Waals surface area contributed by atoms with Crippen molar-refractivity contribution >= 4 is 5.91 Å². The number of rotatable bonds is 4. The van der Waals surface area contributed by atoms with Gasteiger partial charge in [0.25, 0.3) is 0 Å². The molecule has 1 amide bonds. The van der Waals surface area contributed by atoms with Crippen LogP contribution in [0.5, 0.6) is 0 Å². The number of nitrogens with two attached hydrogens (primary N) is 1. The Morgan fingerprint density at radius 2 is 1.77 bits per heavy atom. The van der Waals surface area contributed by atoms with Crippen LogP contribution in [0.15, 0.2) is 24.3 Å². The first-order valence-electron chi connectivity index (χ1n) is 10.3. The van der Waals surface area contributed by atoms with E-state index in [9.17, 15) is 4.79 Å². The molecule has 142 valence electrons. The highest BCUT2D eigenvalue weighted by Crippen LogP contribution is 2.52. The number of carbonyl (C=O) groups excluding carboxylic acids is 1. The first-order chi connectivity index (χ1) is 12.6. The molecule has 1 aliphatic heterocycles. The number of ether oxygens (including phenoxy) is 1. The highest BCUT2D eigenvalue weighted by Gasteiger charge is 2.53. The monoisotopic (exact) mass is 356 g/mol. The van der Waals surface area contributed by atoms with E-state index < -0.39 is 0 Å². The average Bonchev–Trinajstić information content (AvgIpc) is 2.67. The van der Waals surface area contributed by atoms with Gasteiger partial charge in [0.05, 0.1) is 0 Å². The Labute approximate surface area is 157 Å². The minimum Gasteiger partial charge on any atom is -0.373 e. The van der Waals surface area contributed by atoms with Crippen molar-refractivity contribution in [1.82, 2.24) is 4.90 Å². The molecule has 0 radical (unpaired) electrons. The summed E-state index contributed by atoms with van der Waals surface area (Å²) >= 11 is 0. The van der Waals surface area contributed by atoms with Gasteiger partial charge in [0.2, 0.25) is 5.91 Å². The molecule has 2 saturated carbocycles. The predicted molar refractivity (Wildman–Crippen MR) is 103 cm³/mol. The topological polar surface area (TPSA) is 55.6 Å². The van der Waals surface area contributed by atoms with Crippen molar-refractivity contribution < 1.29 is 9.53 Å². The zero-order valence-corrected chi connectivity index (χ0v) is 16.0. The number of methoxy groups -OCH3 is 1. The Morgan fingerprint density at radius 1 is 1.08 bits per heavy atom. The zero-order valence-electron chi connectivity index (χ0n) is 16.0. The fourth-order valence-corrected chi connectivity index (χ4v) is 6.05. The summed E-state index contributed by atoms with van der Waals surface area (Å²) in [7, 11) is 1.86. The van der Waals surface area contributed by atoms with Crippen LogP contribution in [0, 0.1) is 11.8 Å². The van der Waals surface area contributed by atoms with E-state index >= 15 is 0 Å². The van der Waals surface area contributed by atoms with Crippen molar-refractivity contribution in [3.8, 4) is 0 Å². The molecule has 2 aliphatic carbocycles. The summed E-state index contributed by atoms with van der Waals surface area (Å²) in [6, 6.07) is 8.64. The maximum Gasteiger partial charge on any atom is 0.248 e. The van der Waals surface area contributed by atoms with Crippen LogP contribution in [0.25, 0.3) is 0 Å². The molecule has 2 unspecified atom stereocenters. The summed E-state index contributed by atoms with van der Waals surface area (Å²) in [4.78, 5) is 14.5. The van der Waals surface area contributed by atoms with E-state index in [-0.39, 0.29) is 11.5 Å². The number of hydrogen-bond donors (Lipinski definition) is 1. The fourth-order valence-electron chi connectivity index (χ4n) is 6.05. The highest BCUT2D eigenvalue weighted by atomic mass is 16.5. The van der Waals surface area contributed by atoms with Crippen LogP contribution < -0.4 is 5.73 Å². The molecule has 2 bridgehead atoms. The van der Waals surface area contributed by atoms with Gasteiger partial charge in [-0.15, -0.1) is 0 Å². The molecule has 4 rings (SSSR count). The SMILES string of the molecule is COC1(c2cccc(C(N)=O)c2)C2CCCC1CN(C1CCCCC1)C2. The molecular weight excluding hydrogens is 324 g/mol. The van der Waals surface area contributed by atoms with Crippen molar-refractivity contribution in [2.45, 2.75) is 63.0 Å². The highest BCUT2D eigenvalue weighted by molar-refractivity contribution is 5.92. The van der Waals surface area contributed by atoms with E-state index in [4.69, 9.17) is 10.5 Å². The van der Waals surface area contributed by atoms with Gasteiger partial charge in [0, 0.05) is 43.6 Å². The van der Waals surface area contributed by atoms with Gasteiger partial charge in [-0.2, -0.15) is 0 Å². The summed E-state index contributed by atoms with van der Waals surface area (Å²) in [5.41, 5.74) is 7.01. The number of benzene rings is 1. The zero-order chi connectivity index (χ0) is 18.1. The lowest BCUT2D eigenvalue weighted by molar-refractivity contribution is -0.175. The van der Waals surface area contributed by atoms with Gasteiger partial charge in [0.1, 0.15) is 5.60 Å². The lowest BCUT2D eigenvalue weighted by Crippen LogP contribution is -2.61. The molecule has 1 saturated heterocycles. The molecule has 2 atom stereocenters. The molecule has 1 aromatic carbocycles. The molecule has 3 fully saturated rings. The largest absolute Gasteiger partial charge is 0.373 e. The lowest BCUT2D eigenvalue weighted by atomic mass is 9.62. The normalized spacial score (nSPS) is 33.1. The predicted octanol–water partition coefficient (Wildman–Crippen LogP) is 3.69. The molecule has 26 heavy (non-hydrogen) atoms. The lowest BCUT2D eigenvalue weighted by Gasteiger charge is -2.57. The molecule has 0 spiro atoms. The van der Waals surface area contributed by atoms with Crippen LogP contribution in [0.4, 0.5) is 0 Å². The van der Waals surface area contributed by atoms with E-state index in [2.05, 4.69) is 11.0 Å². The second-order valence-corrected chi connectivity index (χ2v) is 8.51. The number of amides is 1. The maximum atomic E-state index is 11.7. The molecule has 1 aromatic rings. The Bertz CT molecular complexity index is 639. The van der Waals surface area contributed by atoms with Gasteiger partial charge in [-0.1, -0.05) is 37.8 Å². The van der Waals surface area contributed by atoms with Gasteiger partial charge >= 0.3 is 0 Å². The van der Waals surface area contributed by atoms with E-state index in [0.717, 1.165) is 24.7 Å². The van der Waals surface area contributed by atoms with Crippen LogP contribution >= 0.6 is 0 Å². The van der Waals surface area contributed by atoms with Crippen LogP contribution in [0.2, 0.25) is 0 Å². The van der Waals surface area contributed by atoms with E-state index in [1.807, 2.05) is 25.3 Å².